The minimum Gasteiger partial charge on any atom is -0.383 e. The molecule has 2 N–H and O–H groups in total. The highest BCUT2D eigenvalue weighted by Crippen LogP contribution is 2.23. The van der Waals surface area contributed by atoms with Crippen LogP contribution in [0.15, 0.2) is 27.6 Å². The van der Waals surface area contributed by atoms with Gasteiger partial charge in [0.1, 0.15) is 0 Å². The second-order valence-corrected chi connectivity index (χ2v) is 6.97. The van der Waals surface area contributed by atoms with E-state index in [0.29, 0.717) is 17.6 Å². The molecule has 0 fully saturated rings. The second-order valence-electron chi connectivity index (χ2n) is 4.59. The zero-order valence-corrected chi connectivity index (χ0v) is 14.6. The Kier molecular flexibility index (Phi) is 6.33. The number of ether oxygens (including phenoxy) is 1. The number of amides is 1. The van der Waals surface area contributed by atoms with Crippen LogP contribution in [0.2, 0.25) is 0 Å². The fourth-order valence-electron chi connectivity index (χ4n) is 2.01. The normalized spacial score (nSPS) is 13.0. The lowest BCUT2D eigenvalue weighted by molar-refractivity contribution is 0.0579. The summed E-state index contributed by atoms with van der Waals surface area (Å²) >= 11 is 3.12. The van der Waals surface area contributed by atoms with Crippen molar-refractivity contribution in [3.05, 3.63) is 28.2 Å². The number of likely N-dealkylation sites (N-methyl/N-ethyl adjacent to an activating group) is 1. The lowest BCUT2D eigenvalue weighted by atomic mass is 10.1. The molecule has 118 valence electrons. The maximum absolute atomic E-state index is 12.5. The van der Waals surface area contributed by atoms with E-state index in [2.05, 4.69) is 15.9 Å². The number of hydrogen-bond donors (Lipinski definition) is 1. The highest BCUT2D eigenvalue weighted by molar-refractivity contribution is 9.10. The molecular formula is C13H19BrN2O4S. The Morgan fingerprint density at radius 3 is 2.57 bits per heavy atom. The Labute approximate surface area is 133 Å². The van der Waals surface area contributed by atoms with Crippen molar-refractivity contribution in [1.82, 2.24) is 4.90 Å². The van der Waals surface area contributed by atoms with E-state index in [4.69, 9.17) is 9.88 Å². The number of nitrogens with zero attached hydrogens (tertiary/aromatic N) is 1. The number of halogens is 1. The molecule has 21 heavy (non-hydrogen) atoms. The molecule has 1 amide bonds. The van der Waals surface area contributed by atoms with Crippen molar-refractivity contribution in [2.24, 2.45) is 5.14 Å². The molecule has 6 nitrogen and oxygen atoms in total. The van der Waals surface area contributed by atoms with Crippen molar-refractivity contribution in [3.8, 4) is 0 Å². The highest BCUT2D eigenvalue weighted by atomic mass is 79.9. The smallest absolute Gasteiger partial charge is 0.254 e. The Hall–Kier alpha value is -0.960. The molecule has 0 radical (unpaired) electrons. The van der Waals surface area contributed by atoms with Gasteiger partial charge in [0.15, 0.2) is 0 Å². The first-order chi connectivity index (χ1) is 9.72. The van der Waals surface area contributed by atoms with Crippen molar-refractivity contribution in [2.45, 2.75) is 24.8 Å². The van der Waals surface area contributed by atoms with Crippen molar-refractivity contribution >= 4 is 31.9 Å². The molecule has 0 saturated heterocycles. The van der Waals surface area contributed by atoms with Gasteiger partial charge < -0.3 is 9.64 Å². The number of rotatable bonds is 6. The molecule has 0 spiro atoms. The molecule has 0 aliphatic rings. The number of primary sulfonamides is 1. The minimum atomic E-state index is -3.89. The van der Waals surface area contributed by atoms with E-state index < -0.39 is 10.0 Å². The number of methoxy groups -OCH3 is 1. The summed E-state index contributed by atoms with van der Waals surface area (Å²) in [6.07, 6.45) is 0. The van der Waals surface area contributed by atoms with Gasteiger partial charge in [-0.25, -0.2) is 13.6 Å². The average molecular weight is 379 g/mol. The van der Waals surface area contributed by atoms with E-state index in [9.17, 15) is 13.2 Å². The van der Waals surface area contributed by atoms with Crippen LogP contribution in [-0.4, -0.2) is 45.5 Å². The van der Waals surface area contributed by atoms with Gasteiger partial charge in [-0.2, -0.15) is 0 Å². The standard InChI is InChI=1S/C13H19BrN2O4S/c1-4-16(9(2)8-20-3)13(17)10-5-6-11(14)12(7-10)21(15,18)19/h5-7,9H,4,8H2,1-3H3,(H2,15,18,19). The van der Waals surface area contributed by atoms with Crippen LogP contribution in [0.5, 0.6) is 0 Å². The van der Waals surface area contributed by atoms with Crippen molar-refractivity contribution < 1.29 is 17.9 Å². The molecule has 0 aromatic heterocycles. The summed E-state index contributed by atoms with van der Waals surface area (Å²) in [6, 6.07) is 4.23. The summed E-state index contributed by atoms with van der Waals surface area (Å²) < 4.78 is 28.4. The summed E-state index contributed by atoms with van der Waals surface area (Å²) in [5.41, 5.74) is 0.270. The monoisotopic (exact) mass is 378 g/mol. The van der Waals surface area contributed by atoms with Gasteiger partial charge in [-0.05, 0) is 48.0 Å². The third-order valence-electron chi connectivity index (χ3n) is 3.03. The van der Waals surface area contributed by atoms with Gasteiger partial charge in [-0.3, -0.25) is 4.79 Å². The van der Waals surface area contributed by atoms with Crippen molar-refractivity contribution in [3.63, 3.8) is 0 Å². The Balaban J connectivity index is 3.18. The summed E-state index contributed by atoms with van der Waals surface area (Å²) in [7, 11) is -2.33. The van der Waals surface area contributed by atoms with Crippen LogP contribution < -0.4 is 5.14 Å². The summed E-state index contributed by atoms with van der Waals surface area (Å²) in [4.78, 5) is 14.0. The van der Waals surface area contributed by atoms with Crippen LogP contribution in [0, 0.1) is 0 Å². The van der Waals surface area contributed by atoms with Gasteiger partial charge in [0.25, 0.3) is 5.91 Å². The summed E-state index contributed by atoms with van der Waals surface area (Å²) in [5.74, 6) is -0.264. The van der Waals surface area contributed by atoms with Gasteiger partial charge >= 0.3 is 0 Å². The van der Waals surface area contributed by atoms with Crippen LogP contribution in [0.3, 0.4) is 0 Å². The quantitative estimate of drug-likeness (QED) is 0.813. The second kappa shape index (κ2) is 7.35. The molecule has 8 heteroatoms. The highest BCUT2D eigenvalue weighted by Gasteiger charge is 2.22. The molecule has 0 saturated carbocycles. The first-order valence-electron chi connectivity index (χ1n) is 6.34. The van der Waals surface area contributed by atoms with E-state index in [1.54, 1.807) is 18.1 Å². The third-order valence-corrected chi connectivity index (χ3v) is 4.93. The molecule has 0 aliphatic carbocycles. The topological polar surface area (TPSA) is 89.7 Å². The zero-order valence-electron chi connectivity index (χ0n) is 12.2. The molecule has 0 aliphatic heterocycles. The van der Waals surface area contributed by atoms with E-state index >= 15 is 0 Å². The van der Waals surface area contributed by atoms with Crippen molar-refractivity contribution in [1.29, 1.82) is 0 Å². The zero-order chi connectivity index (χ0) is 16.2. The number of carbonyl (C=O) groups is 1. The lowest BCUT2D eigenvalue weighted by Gasteiger charge is -2.27. The molecule has 0 bridgehead atoms. The van der Waals surface area contributed by atoms with Gasteiger partial charge in [0.05, 0.1) is 17.5 Å². The molecule has 1 aromatic rings. The molecule has 1 aromatic carbocycles. The first-order valence-corrected chi connectivity index (χ1v) is 8.68. The lowest BCUT2D eigenvalue weighted by Crippen LogP contribution is -2.41. The molecule has 0 heterocycles. The van der Waals surface area contributed by atoms with Crippen LogP contribution in [0.1, 0.15) is 24.2 Å². The van der Waals surface area contributed by atoms with Gasteiger partial charge in [-0.15, -0.1) is 0 Å². The number of benzene rings is 1. The van der Waals surface area contributed by atoms with Crippen LogP contribution in [-0.2, 0) is 14.8 Å². The van der Waals surface area contributed by atoms with E-state index in [-0.39, 0.29) is 22.4 Å². The van der Waals surface area contributed by atoms with Gasteiger partial charge in [0, 0.05) is 23.7 Å². The third kappa shape index (κ3) is 4.50. The largest absolute Gasteiger partial charge is 0.383 e. The SMILES string of the molecule is CCN(C(=O)c1ccc(Br)c(S(N)(=O)=O)c1)C(C)COC. The first kappa shape index (κ1) is 18.1. The van der Waals surface area contributed by atoms with Gasteiger partial charge in [-0.1, -0.05) is 0 Å². The van der Waals surface area contributed by atoms with Crippen LogP contribution in [0.4, 0.5) is 0 Å². The predicted molar refractivity (Wildman–Crippen MR) is 83.6 cm³/mol. The maximum Gasteiger partial charge on any atom is 0.254 e. The number of carbonyl (C=O) groups excluding carboxylic acids is 1. The molecular weight excluding hydrogens is 360 g/mol. The average Bonchev–Trinajstić information content (AvgIpc) is 2.38. The maximum atomic E-state index is 12.5. The molecule has 1 rings (SSSR count). The fourth-order valence-corrected chi connectivity index (χ4v) is 3.56. The number of nitrogens with two attached hydrogens (primary N) is 1. The summed E-state index contributed by atoms with van der Waals surface area (Å²) in [5, 5.41) is 5.14. The van der Waals surface area contributed by atoms with E-state index in [1.807, 2.05) is 13.8 Å². The van der Waals surface area contributed by atoms with E-state index in [0.717, 1.165) is 0 Å². The van der Waals surface area contributed by atoms with Crippen LogP contribution >= 0.6 is 15.9 Å². The van der Waals surface area contributed by atoms with Crippen molar-refractivity contribution in [2.75, 3.05) is 20.3 Å². The fraction of sp³-hybridized carbons (Fsp3) is 0.462. The van der Waals surface area contributed by atoms with Gasteiger partial charge in [0.2, 0.25) is 10.0 Å². The van der Waals surface area contributed by atoms with Crippen LogP contribution in [0.25, 0.3) is 0 Å². The minimum absolute atomic E-state index is 0.108. The van der Waals surface area contributed by atoms with E-state index in [1.165, 1.54) is 12.1 Å². The Morgan fingerprint density at radius 2 is 2.10 bits per heavy atom. The number of sulfonamides is 1. The summed E-state index contributed by atoms with van der Waals surface area (Å²) in [6.45, 7) is 4.61. The molecule has 1 unspecified atom stereocenters. The number of hydrogen-bond acceptors (Lipinski definition) is 4. The molecule has 1 atom stereocenters. The Bertz CT molecular complexity index is 619. The predicted octanol–water partition coefficient (Wildman–Crippen LogP) is 1.59. The Morgan fingerprint density at radius 1 is 1.48 bits per heavy atom.